The minimum atomic E-state index is -0.109. The highest BCUT2D eigenvalue weighted by atomic mass is 79.9. The zero-order valence-corrected chi connectivity index (χ0v) is 11.6. The van der Waals surface area contributed by atoms with Crippen LogP contribution in [0.3, 0.4) is 0 Å². The second-order valence-corrected chi connectivity index (χ2v) is 5.02. The molecule has 1 aromatic carbocycles. The standard InChI is InChI=1S/C12H12BrClN2O/c1-2-10(15)12-6-11(16-17-12)7-3-4-8(13)9(14)5-7/h3-6,10H,2,15H2,1H3. The van der Waals surface area contributed by atoms with E-state index in [4.69, 9.17) is 21.9 Å². The molecule has 1 heterocycles. The summed E-state index contributed by atoms with van der Waals surface area (Å²) in [6, 6.07) is 7.39. The normalized spacial score (nSPS) is 12.7. The van der Waals surface area contributed by atoms with Crippen molar-refractivity contribution in [2.45, 2.75) is 19.4 Å². The molecule has 0 aliphatic heterocycles. The minimum absolute atomic E-state index is 0.109. The van der Waals surface area contributed by atoms with Gasteiger partial charge in [-0.05, 0) is 34.5 Å². The van der Waals surface area contributed by atoms with Gasteiger partial charge in [-0.1, -0.05) is 29.7 Å². The van der Waals surface area contributed by atoms with E-state index in [1.54, 1.807) is 0 Å². The van der Waals surface area contributed by atoms with Gasteiger partial charge in [0.05, 0.1) is 11.1 Å². The largest absolute Gasteiger partial charge is 0.359 e. The van der Waals surface area contributed by atoms with Gasteiger partial charge in [-0.3, -0.25) is 0 Å². The van der Waals surface area contributed by atoms with Crippen molar-refractivity contribution in [3.05, 3.63) is 39.5 Å². The van der Waals surface area contributed by atoms with E-state index in [1.165, 1.54) is 0 Å². The molecule has 2 rings (SSSR count). The number of hydrogen-bond donors (Lipinski definition) is 1. The Morgan fingerprint density at radius 2 is 2.24 bits per heavy atom. The van der Waals surface area contributed by atoms with Gasteiger partial charge in [0.1, 0.15) is 5.69 Å². The number of nitrogens with two attached hydrogens (primary N) is 1. The molecule has 0 aliphatic carbocycles. The molecule has 1 atom stereocenters. The first-order valence-electron chi connectivity index (χ1n) is 5.29. The zero-order chi connectivity index (χ0) is 12.4. The van der Waals surface area contributed by atoms with Gasteiger partial charge in [-0.15, -0.1) is 0 Å². The molecule has 2 aromatic rings. The Balaban J connectivity index is 2.33. The summed E-state index contributed by atoms with van der Waals surface area (Å²) in [6.45, 7) is 2.00. The molecule has 3 nitrogen and oxygen atoms in total. The van der Waals surface area contributed by atoms with Crippen molar-refractivity contribution in [3.8, 4) is 11.3 Å². The maximum absolute atomic E-state index is 6.03. The van der Waals surface area contributed by atoms with Crippen LogP contribution in [-0.4, -0.2) is 5.16 Å². The number of hydrogen-bond acceptors (Lipinski definition) is 3. The molecule has 0 saturated heterocycles. The van der Waals surface area contributed by atoms with Crippen LogP contribution in [0.5, 0.6) is 0 Å². The lowest BCUT2D eigenvalue weighted by molar-refractivity contribution is 0.360. The Hall–Kier alpha value is -0.840. The third-order valence-corrected chi connectivity index (χ3v) is 3.78. The summed E-state index contributed by atoms with van der Waals surface area (Å²) in [5, 5.41) is 4.64. The summed E-state index contributed by atoms with van der Waals surface area (Å²) in [7, 11) is 0. The van der Waals surface area contributed by atoms with Crippen molar-refractivity contribution in [1.29, 1.82) is 0 Å². The molecule has 0 fully saturated rings. The van der Waals surface area contributed by atoms with E-state index in [1.807, 2.05) is 31.2 Å². The molecule has 1 unspecified atom stereocenters. The highest BCUT2D eigenvalue weighted by molar-refractivity contribution is 9.10. The van der Waals surface area contributed by atoms with Crippen molar-refractivity contribution < 1.29 is 4.52 Å². The van der Waals surface area contributed by atoms with Crippen LogP contribution in [0.15, 0.2) is 33.3 Å². The summed E-state index contributed by atoms with van der Waals surface area (Å²) in [5.74, 6) is 0.696. The second kappa shape index (κ2) is 5.21. The first kappa shape index (κ1) is 12.6. The lowest BCUT2D eigenvalue weighted by atomic mass is 10.1. The van der Waals surface area contributed by atoms with Gasteiger partial charge >= 0.3 is 0 Å². The Morgan fingerprint density at radius 3 is 2.88 bits per heavy atom. The third-order valence-electron chi connectivity index (χ3n) is 2.55. The first-order valence-corrected chi connectivity index (χ1v) is 6.46. The predicted molar refractivity (Wildman–Crippen MR) is 71.9 cm³/mol. The Bertz CT molecular complexity index is 527. The fourth-order valence-corrected chi connectivity index (χ4v) is 1.88. The highest BCUT2D eigenvalue weighted by Gasteiger charge is 2.12. The van der Waals surface area contributed by atoms with E-state index >= 15 is 0 Å². The molecular formula is C12H12BrClN2O. The number of benzene rings is 1. The number of rotatable bonds is 3. The van der Waals surface area contributed by atoms with E-state index < -0.39 is 0 Å². The smallest absolute Gasteiger partial charge is 0.154 e. The molecule has 0 aliphatic rings. The third kappa shape index (κ3) is 2.70. The van der Waals surface area contributed by atoms with Crippen molar-refractivity contribution >= 4 is 27.5 Å². The summed E-state index contributed by atoms with van der Waals surface area (Å²) in [4.78, 5) is 0. The maximum atomic E-state index is 6.03. The molecule has 90 valence electrons. The molecule has 0 bridgehead atoms. The Labute approximate surface area is 113 Å². The summed E-state index contributed by atoms with van der Waals surface area (Å²) in [5.41, 5.74) is 7.53. The van der Waals surface area contributed by atoms with E-state index in [-0.39, 0.29) is 6.04 Å². The topological polar surface area (TPSA) is 52.0 Å². The monoisotopic (exact) mass is 314 g/mol. The maximum Gasteiger partial charge on any atom is 0.154 e. The van der Waals surface area contributed by atoms with Gasteiger partial charge < -0.3 is 10.3 Å². The van der Waals surface area contributed by atoms with E-state index in [9.17, 15) is 0 Å². The van der Waals surface area contributed by atoms with Crippen LogP contribution >= 0.6 is 27.5 Å². The van der Waals surface area contributed by atoms with Crippen molar-refractivity contribution in [2.75, 3.05) is 0 Å². The van der Waals surface area contributed by atoms with Gasteiger partial charge in [0.2, 0.25) is 0 Å². The Kier molecular flexibility index (Phi) is 3.86. The van der Waals surface area contributed by atoms with Crippen LogP contribution in [-0.2, 0) is 0 Å². The second-order valence-electron chi connectivity index (χ2n) is 3.76. The van der Waals surface area contributed by atoms with E-state index in [0.29, 0.717) is 10.8 Å². The number of nitrogens with zero attached hydrogens (tertiary/aromatic N) is 1. The van der Waals surface area contributed by atoms with Gasteiger partial charge in [0, 0.05) is 16.1 Å². The average Bonchev–Trinajstić information content (AvgIpc) is 2.81. The van der Waals surface area contributed by atoms with Crippen LogP contribution in [0.2, 0.25) is 5.02 Å². The average molecular weight is 316 g/mol. The minimum Gasteiger partial charge on any atom is -0.359 e. The van der Waals surface area contributed by atoms with Gasteiger partial charge in [0.15, 0.2) is 5.76 Å². The highest BCUT2D eigenvalue weighted by Crippen LogP contribution is 2.29. The fraction of sp³-hybridized carbons (Fsp3) is 0.250. The van der Waals surface area contributed by atoms with Crippen LogP contribution in [0.1, 0.15) is 25.1 Å². The molecule has 17 heavy (non-hydrogen) atoms. The molecule has 5 heteroatoms. The van der Waals surface area contributed by atoms with Crippen LogP contribution < -0.4 is 5.73 Å². The predicted octanol–water partition coefficient (Wildman–Crippen LogP) is 4.17. The quantitative estimate of drug-likeness (QED) is 0.925. The van der Waals surface area contributed by atoms with E-state index in [0.717, 1.165) is 22.2 Å². The van der Waals surface area contributed by atoms with Crippen LogP contribution in [0, 0.1) is 0 Å². The Morgan fingerprint density at radius 1 is 1.47 bits per heavy atom. The SMILES string of the molecule is CCC(N)c1cc(-c2ccc(Br)c(Cl)c2)no1. The van der Waals surface area contributed by atoms with E-state index in [2.05, 4.69) is 21.1 Å². The molecule has 0 spiro atoms. The molecule has 1 aromatic heterocycles. The van der Waals surface area contributed by atoms with Gasteiger partial charge in [-0.2, -0.15) is 0 Å². The summed E-state index contributed by atoms with van der Waals surface area (Å²) >= 11 is 9.38. The summed E-state index contributed by atoms with van der Waals surface area (Å²) < 4.78 is 6.07. The van der Waals surface area contributed by atoms with Crippen LogP contribution in [0.4, 0.5) is 0 Å². The molecule has 0 radical (unpaired) electrons. The first-order chi connectivity index (χ1) is 8.11. The van der Waals surface area contributed by atoms with Gasteiger partial charge in [-0.25, -0.2) is 0 Å². The van der Waals surface area contributed by atoms with Crippen molar-refractivity contribution in [3.63, 3.8) is 0 Å². The summed E-state index contributed by atoms with van der Waals surface area (Å²) in [6.07, 6.45) is 0.815. The molecule has 2 N–H and O–H groups in total. The fourth-order valence-electron chi connectivity index (χ4n) is 1.46. The molecular weight excluding hydrogens is 304 g/mol. The molecule has 0 saturated carbocycles. The lowest BCUT2D eigenvalue weighted by Crippen LogP contribution is -2.06. The molecule has 0 amide bonds. The zero-order valence-electron chi connectivity index (χ0n) is 9.28. The van der Waals surface area contributed by atoms with Crippen molar-refractivity contribution in [1.82, 2.24) is 5.16 Å². The van der Waals surface area contributed by atoms with Crippen LogP contribution in [0.25, 0.3) is 11.3 Å². The van der Waals surface area contributed by atoms with Crippen molar-refractivity contribution in [2.24, 2.45) is 5.73 Å². The van der Waals surface area contributed by atoms with Gasteiger partial charge in [0.25, 0.3) is 0 Å². The number of aromatic nitrogens is 1. The lowest BCUT2D eigenvalue weighted by Gasteiger charge is -2.01. The number of halogens is 2.